The van der Waals surface area contributed by atoms with Crippen LogP contribution in [0.1, 0.15) is 32.4 Å². The first-order valence-corrected chi connectivity index (χ1v) is 5.04. The summed E-state index contributed by atoms with van der Waals surface area (Å²) in [5.41, 5.74) is 0.313. The van der Waals surface area contributed by atoms with Gasteiger partial charge in [0.25, 0.3) is 0 Å². The Morgan fingerprint density at radius 2 is 1.92 bits per heavy atom. The maximum absolute atomic E-state index is 12.9. The summed E-state index contributed by atoms with van der Waals surface area (Å²) >= 11 is 3.15. The van der Waals surface area contributed by atoms with Gasteiger partial charge in [-0.15, -0.1) is 0 Å². The lowest BCUT2D eigenvalue weighted by atomic mass is 10.1. The van der Waals surface area contributed by atoms with Gasteiger partial charge in [0, 0.05) is 10.0 Å². The zero-order valence-corrected chi connectivity index (χ0v) is 9.60. The first kappa shape index (κ1) is 12.6. The number of rotatable bonds is 1. The summed E-state index contributed by atoms with van der Waals surface area (Å²) in [5, 5.41) is 9.12. The van der Waals surface area contributed by atoms with E-state index in [0.717, 1.165) is 0 Å². The molecule has 0 radical (unpaired) electrons. The highest BCUT2D eigenvalue weighted by molar-refractivity contribution is 9.10. The lowest BCUT2D eigenvalue weighted by Crippen LogP contribution is -1.96. The normalized spacial score (nSPS) is 11.5. The fraction of sp³-hybridized carbons (Fsp3) is 0.400. The molecule has 1 aromatic rings. The fourth-order valence-electron chi connectivity index (χ4n) is 0.910. The van der Waals surface area contributed by atoms with E-state index in [0.29, 0.717) is 10.0 Å². The Kier molecular flexibility index (Phi) is 5.91. The summed E-state index contributed by atoms with van der Waals surface area (Å²) in [5.74, 6) is -0.380. The quantitative estimate of drug-likeness (QED) is 0.805. The molecule has 1 atom stereocenters. The van der Waals surface area contributed by atoms with E-state index in [1.165, 1.54) is 13.0 Å². The van der Waals surface area contributed by atoms with Crippen LogP contribution in [0.2, 0.25) is 0 Å². The lowest BCUT2D eigenvalue weighted by Gasteiger charge is -2.07. The van der Waals surface area contributed by atoms with Gasteiger partial charge in [-0.2, -0.15) is 0 Å². The second-order valence-corrected chi connectivity index (χ2v) is 3.17. The fourth-order valence-corrected chi connectivity index (χ4v) is 1.58. The van der Waals surface area contributed by atoms with Crippen molar-refractivity contribution in [2.24, 2.45) is 0 Å². The van der Waals surface area contributed by atoms with Crippen molar-refractivity contribution in [1.29, 1.82) is 0 Å². The van der Waals surface area contributed by atoms with Crippen LogP contribution in [0.25, 0.3) is 0 Å². The molecular formula is C10H14BrFO. The Bertz CT molecular complexity index is 241. The van der Waals surface area contributed by atoms with E-state index in [1.54, 1.807) is 12.1 Å². The Morgan fingerprint density at radius 3 is 2.23 bits per heavy atom. The Morgan fingerprint density at radius 1 is 1.38 bits per heavy atom. The highest BCUT2D eigenvalue weighted by Crippen LogP contribution is 2.25. The predicted octanol–water partition coefficient (Wildman–Crippen LogP) is 3.67. The first-order chi connectivity index (χ1) is 6.13. The minimum Gasteiger partial charge on any atom is -0.389 e. The highest BCUT2D eigenvalue weighted by Gasteiger charge is 2.10. The molecule has 13 heavy (non-hydrogen) atoms. The SMILES string of the molecule is CC.CC(O)c1c(F)cccc1Br. The van der Waals surface area contributed by atoms with E-state index in [4.69, 9.17) is 5.11 Å². The van der Waals surface area contributed by atoms with E-state index < -0.39 is 6.10 Å². The zero-order chi connectivity index (χ0) is 10.4. The van der Waals surface area contributed by atoms with Gasteiger partial charge in [-0.25, -0.2) is 4.39 Å². The van der Waals surface area contributed by atoms with Crippen LogP contribution in [0.4, 0.5) is 4.39 Å². The third-order valence-corrected chi connectivity index (χ3v) is 2.11. The summed E-state index contributed by atoms with van der Waals surface area (Å²) in [4.78, 5) is 0. The van der Waals surface area contributed by atoms with Crippen molar-refractivity contribution in [3.8, 4) is 0 Å². The summed E-state index contributed by atoms with van der Waals surface area (Å²) in [7, 11) is 0. The molecule has 1 unspecified atom stereocenters. The van der Waals surface area contributed by atoms with Crippen molar-refractivity contribution < 1.29 is 9.50 Å². The maximum atomic E-state index is 12.9. The average Bonchev–Trinajstić information content (AvgIpc) is 2.07. The molecule has 0 aliphatic heterocycles. The minimum atomic E-state index is -0.773. The second-order valence-electron chi connectivity index (χ2n) is 2.31. The van der Waals surface area contributed by atoms with Crippen LogP contribution in [0.5, 0.6) is 0 Å². The molecule has 0 aliphatic carbocycles. The molecule has 0 aliphatic rings. The van der Waals surface area contributed by atoms with Gasteiger partial charge in [-0.1, -0.05) is 35.8 Å². The summed E-state index contributed by atoms with van der Waals surface area (Å²) < 4.78 is 13.5. The monoisotopic (exact) mass is 248 g/mol. The molecule has 0 spiro atoms. The first-order valence-electron chi connectivity index (χ1n) is 4.25. The van der Waals surface area contributed by atoms with E-state index in [1.807, 2.05) is 13.8 Å². The van der Waals surface area contributed by atoms with E-state index in [-0.39, 0.29) is 5.82 Å². The summed E-state index contributed by atoms with van der Waals surface area (Å²) in [6.45, 7) is 5.53. The molecule has 0 aromatic heterocycles. The summed E-state index contributed by atoms with van der Waals surface area (Å²) in [6, 6.07) is 4.61. The third kappa shape index (κ3) is 3.44. The van der Waals surface area contributed by atoms with E-state index >= 15 is 0 Å². The van der Waals surface area contributed by atoms with Crippen molar-refractivity contribution in [1.82, 2.24) is 0 Å². The molecule has 1 rings (SSSR count). The number of benzene rings is 1. The minimum absolute atomic E-state index is 0.313. The Labute approximate surface area is 86.7 Å². The molecule has 1 N–H and O–H groups in total. The molecular weight excluding hydrogens is 235 g/mol. The van der Waals surface area contributed by atoms with Gasteiger partial charge in [0.05, 0.1) is 6.10 Å². The highest BCUT2D eigenvalue weighted by atomic mass is 79.9. The van der Waals surface area contributed by atoms with Crippen LogP contribution in [-0.4, -0.2) is 5.11 Å². The van der Waals surface area contributed by atoms with Crippen LogP contribution in [0.3, 0.4) is 0 Å². The number of aliphatic hydroxyl groups is 1. The van der Waals surface area contributed by atoms with Gasteiger partial charge in [-0.3, -0.25) is 0 Å². The third-order valence-electron chi connectivity index (χ3n) is 1.42. The van der Waals surface area contributed by atoms with Crippen LogP contribution in [-0.2, 0) is 0 Å². The molecule has 1 aromatic carbocycles. The van der Waals surface area contributed by atoms with Gasteiger partial charge in [0.2, 0.25) is 0 Å². The molecule has 0 saturated heterocycles. The molecule has 0 bridgehead atoms. The molecule has 0 fully saturated rings. The molecule has 0 heterocycles. The smallest absolute Gasteiger partial charge is 0.130 e. The largest absolute Gasteiger partial charge is 0.389 e. The number of hydrogen-bond donors (Lipinski definition) is 1. The molecule has 74 valence electrons. The number of hydrogen-bond acceptors (Lipinski definition) is 1. The van der Waals surface area contributed by atoms with Gasteiger partial charge in [-0.05, 0) is 19.1 Å². The number of halogens is 2. The van der Waals surface area contributed by atoms with Gasteiger partial charge in [0.1, 0.15) is 5.82 Å². The van der Waals surface area contributed by atoms with E-state index in [9.17, 15) is 4.39 Å². The Hall–Kier alpha value is -0.410. The Balaban J connectivity index is 0.000000671. The average molecular weight is 249 g/mol. The number of aliphatic hydroxyl groups excluding tert-OH is 1. The van der Waals surface area contributed by atoms with Gasteiger partial charge in [0.15, 0.2) is 0 Å². The van der Waals surface area contributed by atoms with Crippen molar-refractivity contribution in [3.63, 3.8) is 0 Å². The van der Waals surface area contributed by atoms with Crippen molar-refractivity contribution >= 4 is 15.9 Å². The molecule has 0 saturated carbocycles. The maximum Gasteiger partial charge on any atom is 0.130 e. The molecule has 3 heteroatoms. The van der Waals surface area contributed by atoms with Crippen molar-refractivity contribution in [3.05, 3.63) is 34.1 Å². The van der Waals surface area contributed by atoms with Gasteiger partial charge >= 0.3 is 0 Å². The molecule has 0 amide bonds. The van der Waals surface area contributed by atoms with Gasteiger partial charge < -0.3 is 5.11 Å². The van der Waals surface area contributed by atoms with Crippen LogP contribution >= 0.6 is 15.9 Å². The second kappa shape index (κ2) is 6.11. The van der Waals surface area contributed by atoms with E-state index in [2.05, 4.69) is 15.9 Å². The molecule has 1 nitrogen and oxygen atoms in total. The van der Waals surface area contributed by atoms with Crippen LogP contribution in [0.15, 0.2) is 22.7 Å². The standard InChI is InChI=1S/C8H8BrFO.C2H6/c1-5(11)8-6(9)3-2-4-7(8)10;1-2/h2-5,11H,1H3;1-2H3. The van der Waals surface area contributed by atoms with Crippen molar-refractivity contribution in [2.75, 3.05) is 0 Å². The van der Waals surface area contributed by atoms with Crippen molar-refractivity contribution in [2.45, 2.75) is 26.9 Å². The van der Waals surface area contributed by atoms with Crippen LogP contribution < -0.4 is 0 Å². The van der Waals surface area contributed by atoms with Crippen LogP contribution in [0, 0.1) is 5.82 Å². The predicted molar refractivity (Wildman–Crippen MR) is 56.1 cm³/mol. The zero-order valence-electron chi connectivity index (χ0n) is 8.01. The topological polar surface area (TPSA) is 20.2 Å². The summed E-state index contributed by atoms with van der Waals surface area (Å²) in [6.07, 6.45) is -0.773. The lowest BCUT2D eigenvalue weighted by molar-refractivity contribution is 0.193.